The number of amidine groups is 1. The van der Waals surface area contributed by atoms with E-state index in [0.717, 1.165) is 23.9 Å². The molecule has 0 radical (unpaired) electrons. The monoisotopic (exact) mass is 531 g/mol. The predicted molar refractivity (Wildman–Crippen MR) is 130 cm³/mol. The Morgan fingerprint density at radius 1 is 1.19 bits per heavy atom. The first kappa shape index (κ1) is 25.6. The highest BCUT2D eigenvalue weighted by atomic mass is 32.2. The molecule has 3 aromatic rings. The van der Waals surface area contributed by atoms with E-state index in [4.69, 9.17) is 4.42 Å². The number of furan rings is 1. The van der Waals surface area contributed by atoms with Crippen molar-refractivity contribution in [3.05, 3.63) is 82.1 Å². The summed E-state index contributed by atoms with van der Waals surface area (Å²) in [6.07, 6.45) is -3.61. The first-order valence-electron chi connectivity index (χ1n) is 10.5. The summed E-state index contributed by atoms with van der Waals surface area (Å²) >= 11 is 0.937. The second-order valence-corrected chi connectivity index (χ2v) is 8.74. The molecule has 2 N–H and O–H groups in total. The standard InChI is InChI=1S/C23H16F3N5O5S/c24-23(25,26)13-4-3-5-14(10-13)28-20(32)11-19-21(33)29-22(37-19)30-27-12-15-8-9-18(36-15)16-6-1-2-7-17(16)31(34)35/h1-10,12,19H,11H2,(H,28,32)(H,29,30,33)/b27-12+. The second-order valence-electron chi connectivity index (χ2n) is 7.55. The molecule has 2 aromatic carbocycles. The number of rotatable bonds is 7. The number of halogens is 3. The number of nitrogens with one attached hydrogen (secondary N) is 2. The second kappa shape index (κ2) is 10.7. The van der Waals surface area contributed by atoms with Crippen LogP contribution in [0.5, 0.6) is 0 Å². The number of carbonyl (C=O) groups is 2. The summed E-state index contributed by atoms with van der Waals surface area (Å²) < 4.78 is 44.1. The van der Waals surface area contributed by atoms with Crippen molar-refractivity contribution in [1.82, 2.24) is 5.32 Å². The number of nitrogens with zero attached hydrogens (tertiary/aromatic N) is 3. The Hall–Kier alpha value is -4.46. The van der Waals surface area contributed by atoms with Gasteiger partial charge in [-0.25, -0.2) is 0 Å². The van der Waals surface area contributed by atoms with E-state index in [1.54, 1.807) is 24.3 Å². The number of nitro benzene ring substituents is 1. The Kier molecular flexibility index (Phi) is 7.38. The molecule has 190 valence electrons. The van der Waals surface area contributed by atoms with E-state index >= 15 is 0 Å². The highest BCUT2D eigenvalue weighted by Gasteiger charge is 2.33. The first-order valence-corrected chi connectivity index (χ1v) is 11.4. The van der Waals surface area contributed by atoms with Gasteiger partial charge in [0, 0.05) is 18.2 Å². The summed E-state index contributed by atoms with van der Waals surface area (Å²) in [6, 6.07) is 13.3. The number of hydrogen-bond donors (Lipinski definition) is 2. The summed E-state index contributed by atoms with van der Waals surface area (Å²) in [5, 5.41) is 23.0. The third-order valence-corrected chi connectivity index (χ3v) is 6.02. The molecular weight excluding hydrogens is 515 g/mol. The van der Waals surface area contributed by atoms with Crippen LogP contribution in [0.4, 0.5) is 24.5 Å². The number of thioether (sulfide) groups is 1. The van der Waals surface area contributed by atoms with Gasteiger partial charge in [0.05, 0.1) is 22.3 Å². The number of carbonyl (C=O) groups excluding carboxylic acids is 2. The summed E-state index contributed by atoms with van der Waals surface area (Å²) in [7, 11) is 0. The lowest BCUT2D eigenvalue weighted by Gasteiger charge is -2.10. The Morgan fingerprint density at radius 3 is 2.73 bits per heavy atom. The first-order chi connectivity index (χ1) is 17.6. The topological polar surface area (TPSA) is 139 Å². The predicted octanol–water partition coefficient (Wildman–Crippen LogP) is 4.82. The molecule has 1 atom stereocenters. The average Bonchev–Trinajstić information content (AvgIpc) is 3.45. The molecule has 37 heavy (non-hydrogen) atoms. The largest absolute Gasteiger partial charge is 0.455 e. The molecule has 0 spiro atoms. The van der Waals surface area contributed by atoms with Crippen LogP contribution in [0, 0.1) is 10.1 Å². The maximum Gasteiger partial charge on any atom is 0.416 e. The van der Waals surface area contributed by atoms with Crippen molar-refractivity contribution in [2.24, 2.45) is 10.2 Å². The molecule has 1 unspecified atom stereocenters. The van der Waals surface area contributed by atoms with Crippen molar-refractivity contribution in [3.63, 3.8) is 0 Å². The molecule has 1 fully saturated rings. The van der Waals surface area contributed by atoms with E-state index in [1.807, 2.05) is 0 Å². The smallest absolute Gasteiger partial charge is 0.416 e. The molecule has 1 aliphatic rings. The van der Waals surface area contributed by atoms with Crippen LogP contribution in [0.15, 0.2) is 75.3 Å². The van der Waals surface area contributed by atoms with Crippen LogP contribution in [0.2, 0.25) is 0 Å². The molecule has 0 bridgehead atoms. The molecule has 2 amide bonds. The lowest BCUT2D eigenvalue weighted by molar-refractivity contribution is -0.384. The van der Waals surface area contributed by atoms with E-state index in [9.17, 15) is 32.9 Å². The zero-order valence-corrected chi connectivity index (χ0v) is 19.4. The summed E-state index contributed by atoms with van der Waals surface area (Å²) in [5.41, 5.74) is -0.770. The van der Waals surface area contributed by atoms with E-state index < -0.39 is 33.7 Å². The van der Waals surface area contributed by atoms with E-state index in [1.165, 1.54) is 30.5 Å². The minimum Gasteiger partial charge on any atom is -0.455 e. The zero-order valence-electron chi connectivity index (χ0n) is 18.6. The SMILES string of the molecule is O=C(CC1S/C(=N/N=C/c2ccc(-c3ccccc3[N+](=O)[O-])o2)NC1=O)Nc1cccc(C(F)(F)F)c1. The van der Waals surface area contributed by atoms with Crippen molar-refractivity contribution in [1.29, 1.82) is 0 Å². The van der Waals surface area contributed by atoms with Gasteiger partial charge in [-0.15, -0.1) is 5.10 Å². The average molecular weight is 531 g/mol. The van der Waals surface area contributed by atoms with E-state index in [2.05, 4.69) is 20.8 Å². The van der Waals surface area contributed by atoms with Crippen LogP contribution in [0.1, 0.15) is 17.7 Å². The Balaban J connectivity index is 1.35. The van der Waals surface area contributed by atoms with Gasteiger partial charge in [0.15, 0.2) is 5.17 Å². The van der Waals surface area contributed by atoms with Crippen LogP contribution in [-0.2, 0) is 15.8 Å². The van der Waals surface area contributed by atoms with Crippen LogP contribution in [0.25, 0.3) is 11.3 Å². The van der Waals surface area contributed by atoms with Crippen LogP contribution in [-0.4, -0.2) is 33.4 Å². The van der Waals surface area contributed by atoms with Crippen molar-refractivity contribution in [3.8, 4) is 11.3 Å². The number of benzene rings is 2. The van der Waals surface area contributed by atoms with Gasteiger partial charge >= 0.3 is 6.18 Å². The number of hydrogen-bond acceptors (Lipinski definition) is 8. The Labute approximate surface area is 210 Å². The minimum absolute atomic E-state index is 0.0413. The van der Waals surface area contributed by atoms with Gasteiger partial charge in [0.25, 0.3) is 5.69 Å². The van der Waals surface area contributed by atoms with Crippen molar-refractivity contribution >= 4 is 46.3 Å². The quantitative estimate of drug-likeness (QED) is 0.255. The normalized spacial score (nSPS) is 16.8. The molecule has 0 aliphatic carbocycles. The van der Waals surface area contributed by atoms with Crippen LogP contribution >= 0.6 is 11.8 Å². The molecule has 2 heterocycles. The fraction of sp³-hybridized carbons (Fsp3) is 0.130. The number of alkyl halides is 3. The molecular formula is C23H16F3N5O5S. The van der Waals surface area contributed by atoms with E-state index in [-0.39, 0.29) is 34.5 Å². The number of nitro groups is 1. The maximum absolute atomic E-state index is 12.8. The summed E-state index contributed by atoms with van der Waals surface area (Å²) in [6.45, 7) is 0. The van der Waals surface area contributed by atoms with Gasteiger partial charge in [-0.1, -0.05) is 30.0 Å². The van der Waals surface area contributed by atoms with Gasteiger partial charge in [0.1, 0.15) is 16.8 Å². The molecule has 4 rings (SSSR count). The Bertz CT molecular complexity index is 1420. The van der Waals surface area contributed by atoms with Crippen molar-refractivity contribution < 1.29 is 32.1 Å². The Morgan fingerprint density at radius 2 is 1.97 bits per heavy atom. The highest BCUT2D eigenvalue weighted by molar-refractivity contribution is 8.15. The van der Waals surface area contributed by atoms with Crippen LogP contribution < -0.4 is 10.6 Å². The summed E-state index contributed by atoms with van der Waals surface area (Å²) in [5.74, 6) is -0.634. The lowest BCUT2D eigenvalue weighted by atomic mass is 10.1. The number of anilines is 1. The molecule has 1 aliphatic heterocycles. The third-order valence-electron chi connectivity index (χ3n) is 4.95. The number of para-hydroxylation sites is 1. The van der Waals surface area contributed by atoms with Crippen molar-refractivity contribution in [2.75, 3.05) is 5.32 Å². The molecule has 10 nitrogen and oxygen atoms in total. The van der Waals surface area contributed by atoms with Crippen molar-refractivity contribution in [2.45, 2.75) is 17.8 Å². The third kappa shape index (κ3) is 6.41. The zero-order chi connectivity index (χ0) is 26.6. The minimum atomic E-state index is -4.55. The fourth-order valence-corrected chi connectivity index (χ4v) is 4.21. The van der Waals surface area contributed by atoms with Gasteiger partial charge in [0.2, 0.25) is 11.8 Å². The van der Waals surface area contributed by atoms with Gasteiger partial charge < -0.3 is 15.1 Å². The summed E-state index contributed by atoms with van der Waals surface area (Å²) in [4.78, 5) is 35.1. The molecule has 0 saturated carbocycles. The van der Waals surface area contributed by atoms with Gasteiger partial charge in [-0.3, -0.25) is 19.7 Å². The van der Waals surface area contributed by atoms with Gasteiger partial charge in [-0.05, 0) is 36.4 Å². The molecule has 14 heteroatoms. The molecule has 1 aromatic heterocycles. The van der Waals surface area contributed by atoms with Gasteiger partial charge in [-0.2, -0.15) is 18.3 Å². The molecule has 1 saturated heterocycles. The fourth-order valence-electron chi connectivity index (χ4n) is 3.29. The highest BCUT2D eigenvalue weighted by Crippen LogP contribution is 2.32. The number of amides is 2. The van der Waals surface area contributed by atoms with Crippen LogP contribution in [0.3, 0.4) is 0 Å². The lowest BCUT2D eigenvalue weighted by Crippen LogP contribution is -2.28. The maximum atomic E-state index is 12.8. The van der Waals surface area contributed by atoms with E-state index in [0.29, 0.717) is 5.56 Å².